The molecule has 1 N–H and O–H groups in total. The lowest BCUT2D eigenvalue weighted by Gasteiger charge is -2.24. The van der Waals surface area contributed by atoms with E-state index in [1.807, 2.05) is 0 Å². The Labute approximate surface area is 121 Å². The monoisotopic (exact) mass is 327 g/mol. The van der Waals surface area contributed by atoms with E-state index in [1.165, 1.54) is 25.3 Å². The lowest BCUT2D eigenvalue weighted by Crippen LogP contribution is -2.12. The van der Waals surface area contributed by atoms with Crippen molar-refractivity contribution < 1.29 is 10.0 Å². The summed E-state index contributed by atoms with van der Waals surface area (Å²) in [5, 5.41) is 21.3. The van der Waals surface area contributed by atoms with Crippen LogP contribution in [0.25, 0.3) is 0 Å². The molecule has 0 saturated heterocycles. The molecule has 2 rings (SSSR count). The minimum absolute atomic E-state index is 0.00603. The van der Waals surface area contributed by atoms with Gasteiger partial charge in [0.15, 0.2) is 0 Å². The third-order valence-electron chi connectivity index (χ3n) is 3.83. The zero-order chi connectivity index (χ0) is 13.8. The summed E-state index contributed by atoms with van der Waals surface area (Å²) in [6.45, 7) is 0. The molecule has 0 amide bonds. The summed E-state index contributed by atoms with van der Waals surface area (Å²) >= 11 is 3.31. The Morgan fingerprint density at radius 1 is 1.37 bits per heavy atom. The van der Waals surface area contributed by atoms with Gasteiger partial charge in [0.25, 0.3) is 5.69 Å². The molecule has 1 fully saturated rings. The first-order valence-corrected chi connectivity index (χ1v) is 7.49. The average Bonchev–Trinajstić information content (AvgIpc) is 2.39. The second kappa shape index (κ2) is 6.48. The normalized spacial score (nSPS) is 18.2. The van der Waals surface area contributed by atoms with Crippen molar-refractivity contribution in [3.05, 3.63) is 38.3 Å². The number of rotatable bonds is 4. The molecule has 5 heteroatoms. The molecule has 1 atom stereocenters. The van der Waals surface area contributed by atoms with Gasteiger partial charge in [0.1, 0.15) is 0 Å². The number of nitrogens with zero attached hydrogens (tertiary/aromatic N) is 1. The van der Waals surface area contributed by atoms with E-state index in [-0.39, 0.29) is 5.69 Å². The first-order chi connectivity index (χ1) is 9.08. The standard InChI is InChI=1S/C14H18BrNO3/c15-11-6-7-13(16(18)19)12(9-11)14(17)8-10-4-2-1-3-5-10/h6-7,9-10,14,17H,1-5,8H2. The van der Waals surface area contributed by atoms with E-state index in [0.29, 0.717) is 17.9 Å². The highest BCUT2D eigenvalue weighted by Gasteiger charge is 2.24. The highest BCUT2D eigenvalue weighted by Crippen LogP contribution is 2.35. The molecule has 1 aromatic rings. The summed E-state index contributed by atoms with van der Waals surface area (Å²) in [4.78, 5) is 10.6. The number of benzene rings is 1. The molecule has 1 aliphatic carbocycles. The third kappa shape index (κ3) is 3.76. The number of hydrogen-bond acceptors (Lipinski definition) is 3. The highest BCUT2D eigenvalue weighted by molar-refractivity contribution is 9.10. The molecule has 0 aliphatic heterocycles. The van der Waals surface area contributed by atoms with E-state index in [9.17, 15) is 15.2 Å². The quantitative estimate of drug-likeness (QED) is 0.660. The van der Waals surface area contributed by atoms with Gasteiger partial charge in [0.05, 0.1) is 16.6 Å². The SMILES string of the molecule is O=[N+]([O-])c1ccc(Br)cc1C(O)CC1CCCCC1. The van der Waals surface area contributed by atoms with Crippen LogP contribution in [0.4, 0.5) is 5.69 Å². The highest BCUT2D eigenvalue weighted by atomic mass is 79.9. The minimum Gasteiger partial charge on any atom is -0.388 e. The molecule has 104 valence electrons. The van der Waals surface area contributed by atoms with Gasteiger partial charge < -0.3 is 5.11 Å². The summed E-state index contributed by atoms with van der Waals surface area (Å²) in [6, 6.07) is 4.74. The zero-order valence-corrected chi connectivity index (χ0v) is 12.3. The van der Waals surface area contributed by atoms with Crippen molar-refractivity contribution >= 4 is 21.6 Å². The Morgan fingerprint density at radius 2 is 2.05 bits per heavy atom. The van der Waals surface area contributed by atoms with Gasteiger partial charge in [-0.15, -0.1) is 0 Å². The third-order valence-corrected chi connectivity index (χ3v) is 4.32. The van der Waals surface area contributed by atoms with Gasteiger partial charge in [-0.3, -0.25) is 10.1 Å². The molecule has 0 radical (unpaired) electrons. The molecule has 1 saturated carbocycles. The van der Waals surface area contributed by atoms with E-state index in [1.54, 1.807) is 12.1 Å². The van der Waals surface area contributed by atoms with E-state index in [4.69, 9.17) is 0 Å². The average molecular weight is 328 g/mol. The number of nitro benzene ring substituents is 1. The van der Waals surface area contributed by atoms with Gasteiger partial charge in [-0.05, 0) is 24.5 Å². The van der Waals surface area contributed by atoms with Gasteiger partial charge in [-0.1, -0.05) is 48.0 Å². The molecule has 1 unspecified atom stereocenters. The van der Waals surface area contributed by atoms with E-state index >= 15 is 0 Å². The predicted molar refractivity (Wildman–Crippen MR) is 76.9 cm³/mol. The summed E-state index contributed by atoms with van der Waals surface area (Å²) in [6.07, 6.45) is 5.80. The molecular weight excluding hydrogens is 310 g/mol. The van der Waals surface area contributed by atoms with Crippen molar-refractivity contribution in [1.82, 2.24) is 0 Å². The van der Waals surface area contributed by atoms with Crippen molar-refractivity contribution in [3.8, 4) is 0 Å². The lowest BCUT2D eigenvalue weighted by atomic mass is 9.84. The lowest BCUT2D eigenvalue weighted by molar-refractivity contribution is -0.386. The molecule has 0 aromatic heterocycles. The fraction of sp³-hybridized carbons (Fsp3) is 0.571. The Kier molecular flexibility index (Phi) is 4.93. The van der Waals surface area contributed by atoms with Crippen LogP contribution in [0.15, 0.2) is 22.7 Å². The molecule has 0 spiro atoms. The van der Waals surface area contributed by atoms with Gasteiger partial charge in [-0.2, -0.15) is 0 Å². The van der Waals surface area contributed by atoms with Crippen molar-refractivity contribution in [2.24, 2.45) is 5.92 Å². The fourth-order valence-corrected chi connectivity index (χ4v) is 3.20. The maximum Gasteiger partial charge on any atom is 0.275 e. The van der Waals surface area contributed by atoms with Gasteiger partial charge >= 0.3 is 0 Å². The van der Waals surface area contributed by atoms with Gasteiger partial charge in [-0.25, -0.2) is 0 Å². The van der Waals surface area contributed by atoms with E-state index in [2.05, 4.69) is 15.9 Å². The number of aliphatic hydroxyl groups excluding tert-OH is 1. The van der Waals surface area contributed by atoms with Crippen molar-refractivity contribution in [3.63, 3.8) is 0 Å². The van der Waals surface area contributed by atoms with Crippen LogP contribution >= 0.6 is 15.9 Å². The fourth-order valence-electron chi connectivity index (χ4n) is 2.82. The van der Waals surface area contributed by atoms with Crippen LogP contribution in [-0.2, 0) is 0 Å². The molecule has 1 aliphatic rings. The summed E-state index contributed by atoms with van der Waals surface area (Å²) in [5.74, 6) is 0.488. The number of nitro groups is 1. The second-order valence-electron chi connectivity index (χ2n) is 5.22. The second-order valence-corrected chi connectivity index (χ2v) is 6.13. The maximum absolute atomic E-state index is 11.0. The van der Waals surface area contributed by atoms with Gasteiger partial charge in [0, 0.05) is 10.5 Å². The van der Waals surface area contributed by atoms with Crippen LogP contribution in [0.5, 0.6) is 0 Å². The molecule has 19 heavy (non-hydrogen) atoms. The zero-order valence-electron chi connectivity index (χ0n) is 10.7. The van der Waals surface area contributed by atoms with E-state index in [0.717, 1.165) is 17.3 Å². The first-order valence-electron chi connectivity index (χ1n) is 6.70. The summed E-state index contributed by atoms with van der Waals surface area (Å²) in [5.41, 5.74) is 0.427. The Morgan fingerprint density at radius 3 is 2.68 bits per heavy atom. The van der Waals surface area contributed by atoms with Gasteiger partial charge in [0.2, 0.25) is 0 Å². The molecule has 1 aromatic carbocycles. The Bertz CT molecular complexity index is 458. The first kappa shape index (κ1) is 14.5. The minimum atomic E-state index is -0.749. The largest absolute Gasteiger partial charge is 0.388 e. The van der Waals surface area contributed by atoms with Crippen LogP contribution in [0.2, 0.25) is 0 Å². The Hall–Kier alpha value is -0.940. The van der Waals surface area contributed by atoms with E-state index < -0.39 is 11.0 Å². The van der Waals surface area contributed by atoms with Crippen LogP contribution in [0.1, 0.15) is 50.2 Å². The van der Waals surface area contributed by atoms with Crippen LogP contribution in [0, 0.1) is 16.0 Å². The van der Waals surface area contributed by atoms with Crippen molar-refractivity contribution in [2.75, 3.05) is 0 Å². The van der Waals surface area contributed by atoms with Crippen LogP contribution in [-0.4, -0.2) is 10.0 Å². The van der Waals surface area contributed by atoms with Crippen LogP contribution < -0.4 is 0 Å². The summed E-state index contributed by atoms with van der Waals surface area (Å²) < 4.78 is 0.760. The number of aliphatic hydroxyl groups is 1. The molecule has 4 nitrogen and oxygen atoms in total. The van der Waals surface area contributed by atoms with Crippen LogP contribution in [0.3, 0.4) is 0 Å². The number of halogens is 1. The maximum atomic E-state index is 11.0. The molecule has 0 heterocycles. The summed E-state index contributed by atoms with van der Waals surface area (Å²) in [7, 11) is 0. The number of hydrogen-bond donors (Lipinski definition) is 1. The van der Waals surface area contributed by atoms with Crippen molar-refractivity contribution in [2.45, 2.75) is 44.6 Å². The molecule has 0 bridgehead atoms. The smallest absolute Gasteiger partial charge is 0.275 e. The predicted octanol–water partition coefficient (Wildman–Crippen LogP) is 4.36. The topological polar surface area (TPSA) is 63.4 Å². The van der Waals surface area contributed by atoms with Crippen molar-refractivity contribution in [1.29, 1.82) is 0 Å². The molecular formula is C14H18BrNO3. The Balaban J connectivity index is 2.14.